The van der Waals surface area contributed by atoms with Crippen molar-refractivity contribution >= 4 is 22.9 Å². The SMILES string of the molecule is Cc1cc(-c2cc(C(=O)NNC(=O)c3cccnc3)c3c(C)noc3n2)c(C)o1. The van der Waals surface area contributed by atoms with Crippen molar-refractivity contribution in [2.45, 2.75) is 20.8 Å². The topological polar surface area (TPSA) is 123 Å². The van der Waals surface area contributed by atoms with Gasteiger partial charge >= 0.3 is 0 Å². The Morgan fingerprint density at radius 3 is 2.55 bits per heavy atom. The van der Waals surface area contributed by atoms with Crippen LogP contribution >= 0.6 is 0 Å². The van der Waals surface area contributed by atoms with Gasteiger partial charge < -0.3 is 8.94 Å². The smallest absolute Gasteiger partial charge is 0.271 e. The number of hydrogen-bond acceptors (Lipinski definition) is 7. The zero-order chi connectivity index (χ0) is 20.5. The van der Waals surface area contributed by atoms with Gasteiger partial charge in [0.25, 0.3) is 17.5 Å². The number of amides is 2. The number of fused-ring (bicyclic) bond motifs is 1. The highest BCUT2D eigenvalue weighted by Crippen LogP contribution is 2.30. The lowest BCUT2D eigenvalue weighted by Gasteiger charge is -2.09. The quantitative estimate of drug-likeness (QED) is 0.515. The Morgan fingerprint density at radius 2 is 1.86 bits per heavy atom. The number of nitrogens with zero attached hydrogens (tertiary/aromatic N) is 3. The number of rotatable bonds is 3. The van der Waals surface area contributed by atoms with Crippen molar-refractivity contribution in [3.8, 4) is 11.3 Å². The molecule has 9 heteroatoms. The maximum atomic E-state index is 12.9. The van der Waals surface area contributed by atoms with Crippen molar-refractivity contribution in [3.05, 3.63) is 65.0 Å². The molecule has 0 unspecified atom stereocenters. The van der Waals surface area contributed by atoms with E-state index in [2.05, 4.69) is 26.0 Å². The molecule has 0 aliphatic carbocycles. The van der Waals surface area contributed by atoms with Crippen LogP contribution in [0.4, 0.5) is 0 Å². The molecular formula is C20H17N5O4. The first-order valence-corrected chi connectivity index (χ1v) is 8.79. The fourth-order valence-corrected chi connectivity index (χ4v) is 3.05. The van der Waals surface area contributed by atoms with Crippen LogP contribution in [0.3, 0.4) is 0 Å². The Hall–Kier alpha value is -4.01. The van der Waals surface area contributed by atoms with Crippen LogP contribution in [-0.2, 0) is 0 Å². The molecule has 0 aromatic carbocycles. The fourth-order valence-electron chi connectivity index (χ4n) is 3.05. The molecule has 29 heavy (non-hydrogen) atoms. The van der Waals surface area contributed by atoms with E-state index < -0.39 is 11.8 Å². The summed E-state index contributed by atoms with van der Waals surface area (Å²) in [4.78, 5) is 33.4. The number of pyridine rings is 2. The van der Waals surface area contributed by atoms with Gasteiger partial charge in [-0.1, -0.05) is 5.16 Å². The highest BCUT2D eigenvalue weighted by Gasteiger charge is 2.21. The van der Waals surface area contributed by atoms with Crippen LogP contribution in [-0.4, -0.2) is 26.9 Å². The largest absolute Gasteiger partial charge is 0.466 e. The van der Waals surface area contributed by atoms with Crippen LogP contribution < -0.4 is 10.9 Å². The van der Waals surface area contributed by atoms with Crippen molar-refractivity contribution in [1.29, 1.82) is 0 Å². The summed E-state index contributed by atoms with van der Waals surface area (Å²) in [5.41, 5.74) is 7.38. The van der Waals surface area contributed by atoms with Gasteiger partial charge in [-0.3, -0.25) is 25.4 Å². The Labute approximate surface area is 165 Å². The first-order chi connectivity index (χ1) is 13.9. The van der Waals surface area contributed by atoms with Crippen molar-refractivity contribution in [2.75, 3.05) is 0 Å². The summed E-state index contributed by atoms with van der Waals surface area (Å²) in [6.07, 6.45) is 2.96. The van der Waals surface area contributed by atoms with E-state index in [1.54, 1.807) is 31.3 Å². The van der Waals surface area contributed by atoms with Gasteiger partial charge in [0, 0.05) is 18.0 Å². The van der Waals surface area contributed by atoms with Crippen molar-refractivity contribution < 1.29 is 18.5 Å². The Bertz CT molecular complexity index is 1230. The molecule has 0 aliphatic rings. The van der Waals surface area contributed by atoms with Crippen molar-refractivity contribution in [3.63, 3.8) is 0 Å². The van der Waals surface area contributed by atoms with E-state index in [4.69, 9.17) is 8.94 Å². The number of carbonyl (C=O) groups excluding carboxylic acids is 2. The summed E-state index contributed by atoms with van der Waals surface area (Å²) in [6, 6.07) is 6.67. The standard InChI is InChI=1S/C20H17N5O4/c1-10-7-14(12(3)28-10)16-8-15(17-11(2)25-29-20(17)22-16)19(27)24-23-18(26)13-5-4-6-21-9-13/h4-9H,1-3H3,(H,23,26)(H,24,27). The highest BCUT2D eigenvalue weighted by atomic mass is 16.5. The molecule has 0 saturated heterocycles. The van der Waals surface area contributed by atoms with Gasteiger partial charge in [-0.05, 0) is 45.0 Å². The molecule has 4 aromatic heterocycles. The molecule has 0 saturated carbocycles. The van der Waals surface area contributed by atoms with Gasteiger partial charge in [-0.15, -0.1) is 0 Å². The predicted molar refractivity (Wildman–Crippen MR) is 103 cm³/mol. The van der Waals surface area contributed by atoms with Gasteiger partial charge in [0.1, 0.15) is 11.5 Å². The zero-order valence-corrected chi connectivity index (χ0v) is 15.9. The van der Waals surface area contributed by atoms with E-state index in [0.717, 1.165) is 11.3 Å². The lowest BCUT2D eigenvalue weighted by Crippen LogP contribution is -2.41. The van der Waals surface area contributed by atoms with Gasteiger partial charge in [0.15, 0.2) is 0 Å². The normalized spacial score (nSPS) is 10.9. The Kier molecular flexibility index (Phi) is 4.55. The molecule has 2 N–H and O–H groups in total. The fraction of sp³-hybridized carbons (Fsp3) is 0.150. The number of aromatic nitrogens is 3. The van der Waals surface area contributed by atoms with Gasteiger partial charge in [0.05, 0.1) is 27.9 Å². The summed E-state index contributed by atoms with van der Waals surface area (Å²) in [5, 5.41) is 4.38. The molecule has 2 amide bonds. The summed E-state index contributed by atoms with van der Waals surface area (Å²) in [5.74, 6) is 0.380. The number of furan rings is 1. The highest BCUT2D eigenvalue weighted by molar-refractivity contribution is 6.08. The molecule has 0 bridgehead atoms. The van der Waals surface area contributed by atoms with E-state index in [1.807, 2.05) is 19.9 Å². The number of nitrogens with one attached hydrogen (secondary N) is 2. The molecule has 0 aliphatic heterocycles. The minimum absolute atomic E-state index is 0.224. The van der Waals surface area contributed by atoms with Gasteiger partial charge in [0.2, 0.25) is 0 Å². The molecule has 4 rings (SSSR count). The third kappa shape index (κ3) is 3.45. The van der Waals surface area contributed by atoms with E-state index >= 15 is 0 Å². The predicted octanol–water partition coefficient (Wildman–Crippen LogP) is 2.88. The number of hydrogen-bond donors (Lipinski definition) is 2. The molecule has 4 aromatic rings. The molecule has 9 nitrogen and oxygen atoms in total. The third-order valence-electron chi connectivity index (χ3n) is 4.39. The molecule has 0 radical (unpaired) electrons. The molecule has 0 spiro atoms. The summed E-state index contributed by atoms with van der Waals surface area (Å²) < 4.78 is 10.8. The summed E-state index contributed by atoms with van der Waals surface area (Å²) in [7, 11) is 0. The lowest BCUT2D eigenvalue weighted by molar-refractivity contribution is 0.0847. The molecule has 0 atom stereocenters. The number of carbonyl (C=O) groups is 2. The van der Waals surface area contributed by atoms with Gasteiger partial charge in [-0.25, -0.2) is 4.98 Å². The molecule has 0 fully saturated rings. The Balaban J connectivity index is 1.68. The first kappa shape index (κ1) is 18.4. The van der Waals surface area contributed by atoms with Crippen LogP contribution in [0.25, 0.3) is 22.4 Å². The van der Waals surface area contributed by atoms with Crippen molar-refractivity contribution in [1.82, 2.24) is 26.0 Å². The second-order valence-electron chi connectivity index (χ2n) is 6.48. The minimum Gasteiger partial charge on any atom is -0.466 e. The number of hydrazine groups is 1. The molecule has 146 valence electrons. The van der Waals surface area contributed by atoms with Crippen LogP contribution in [0.1, 0.15) is 37.9 Å². The average molecular weight is 391 g/mol. The lowest BCUT2D eigenvalue weighted by atomic mass is 10.1. The van der Waals surface area contributed by atoms with E-state index in [1.165, 1.54) is 6.20 Å². The van der Waals surface area contributed by atoms with Crippen LogP contribution in [0, 0.1) is 20.8 Å². The van der Waals surface area contributed by atoms with Crippen molar-refractivity contribution in [2.24, 2.45) is 0 Å². The van der Waals surface area contributed by atoms with E-state index in [9.17, 15) is 9.59 Å². The minimum atomic E-state index is -0.528. The second-order valence-corrected chi connectivity index (χ2v) is 6.48. The zero-order valence-electron chi connectivity index (χ0n) is 15.9. The van der Waals surface area contributed by atoms with Crippen LogP contribution in [0.5, 0.6) is 0 Å². The first-order valence-electron chi connectivity index (χ1n) is 8.79. The van der Waals surface area contributed by atoms with E-state index in [0.29, 0.717) is 28.1 Å². The third-order valence-corrected chi connectivity index (χ3v) is 4.39. The summed E-state index contributed by atoms with van der Waals surface area (Å²) >= 11 is 0. The van der Waals surface area contributed by atoms with Gasteiger partial charge in [-0.2, -0.15) is 0 Å². The van der Waals surface area contributed by atoms with E-state index in [-0.39, 0.29) is 11.3 Å². The average Bonchev–Trinajstić information content (AvgIpc) is 3.27. The van der Waals surface area contributed by atoms with Crippen LogP contribution in [0.2, 0.25) is 0 Å². The maximum Gasteiger partial charge on any atom is 0.271 e. The van der Waals surface area contributed by atoms with Crippen LogP contribution in [0.15, 0.2) is 45.6 Å². The monoisotopic (exact) mass is 391 g/mol. The maximum absolute atomic E-state index is 12.9. The molecule has 4 heterocycles. The summed E-state index contributed by atoms with van der Waals surface area (Å²) in [6.45, 7) is 5.36. The number of aryl methyl sites for hydroxylation is 3. The second kappa shape index (κ2) is 7.19. The Morgan fingerprint density at radius 1 is 1.07 bits per heavy atom. The molecular weight excluding hydrogens is 374 g/mol.